The quantitative estimate of drug-likeness (QED) is 0.474. The van der Waals surface area contributed by atoms with Gasteiger partial charge in [-0.05, 0) is 24.8 Å². The lowest BCUT2D eigenvalue weighted by molar-refractivity contribution is 0.388. The molecule has 0 aliphatic carbocycles. The zero-order valence-corrected chi connectivity index (χ0v) is 13.8. The second-order valence-corrected chi connectivity index (χ2v) is 6.60. The number of thioether (sulfide) groups is 2. The van der Waals surface area contributed by atoms with Crippen LogP contribution in [0, 0.1) is 0 Å². The molecule has 1 aromatic heterocycles. The minimum atomic E-state index is 0.299. The predicted molar refractivity (Wildman–Crippen MR) is 89.1 cm³/mol. The molecule has 108 valence electrons. The van der Waals surface area contributed by atoms with Gasteiger partial charge in [0.05, 0.1) is 17.9 Å². The fraction of sp³-hybridized carbons (Fsp3) is 0.250. The third-order valence-electron chi connectivity index (χ3n) is 3.35. The highest BCUT2D eigenvalue weighted by molar-refractivity contribution is 8.00. The van der Waals surface area contributed by atoms with E-state index in [9.17, 15) is 0 Å². The van der Waals surface area contributed by atoms with Gasteiger partial charge < -0.3 is 4.74 Å². The van der Waals surface area contributed by atoms with Gasteiger partial charge in [0, 0.05) is 0 Å². The molecule has 1 aliphatic rings. The van der Waals surface area contributed by atoms with E-state index in [2.05, 4.69) is 47.2 Å². The van der Waals surface area contributed by atoms with Crippen LogP contribution < -0.4 is 4.74 Å². The van der Waals surface area contributed by atoms with Crippen LogP contribution in [0.3, 0.4) is 0 Å². The number of nitrogens with zero attached hydrogens (tertiary/aromatic N) is 2. The van der Waals surface area contributed by atoms with Gasteiger partial charge in [0.2, 0.25) is 5.88 Å². The largest absolute Gasteiger partial charge is 0.480 e. The first-order valence-electron chi connectivity index (χ1n) is 6.62. The highest BCUT2D eigenvalue weighted by atomic mass is 32.2. The molecule has 0 N–H and O–H groups in total. The van der Waals surface area contributed by atoms with Crippen molar-refractivity contribution in [1.29, 1.82) is 0 Å². The summed E-state index contributed by atoms with van der Waals surface area (Å²) < 4.78 is 5.42. The molecule has 0 saturated heterocycles. The topological polar surface area (TPSA) is 35.0 Å². The van der Waals surface area contributed by atoms with Gasteiger partial charge in [0.15, 0.2) is 5.16 Å². The fourth-order valence-corrected chi connectivity index (χ4v) is 3.93. The first-order chi connectivity index (χ1) is 10.2. The Bertz CT molecular complexity index is 686. The second-order valence-electron chi connectivity index (χ2n) is 4.74. The predicted octanol–water partition coefficient (Wildman–Crippen LogP) is 4.46. The van der Waals surface area contributed by atoms with Crippen molar-refractivity contribution in [2.75, 3.05) is 13.4 Å². The Morgan fingerprint density at radius 3 is 2.62 bits per heavy atom. The smallest absolute Gasteiger partial charge is 0.225 e. The average Bonchev–Trinajstić information content (AvgIpc) is 2.54. The third kappa shape index (κ3) is 2.80. The van der Waals surface area contributed by atoms with Crippen LogP contribution in [0.15, 0.2) is 46.1 Å². The molecule has 0 fully saturated rings. The van der Waals surface area contributed by atoms with E-state index in [-0.39, 0.29) is 0 Å². The number of ether oxygens (including phenoxy) is 1. The third-order valence-corrected chi connectivity index (χ3v) is 5.31. The summed E-state index contributed by atoms with van der Waals surface area (Å²) in [6.07, 6.45) is 4.12. The van der Waals surface area contributed by atoms with Gasteiger partial charge in [-0.25, -0.2) is 4.98 Å². The van der Waals surface area contributed by atoms with Crippen molar-refractivity contribution in [2.24, 2.45) is 0 Å². The summed E-state index contributed by atoms with van der Waals surface area (Å²) in [6, 6.07) is 10.5. The van der Waals surface area contributed by atoms with Gasteiger partial charge >= 0.3 is 0 Å². The number of rotatable bonds is 3. The van der Waals surface area contributed by atoms with Crippen LogP contribution in [-0.2, 0) is 0 Å². The van der Waals surface area contributed by atoms with Crippen molar-refractivity contribution in [2.45, 2.75) is 22.4 Å². The van der Waals surface area contributed by atoms with Gasteiger partial charge in [-0.2, -0.15) is 4.98 Å². The second kappa shape index (κ2) is 6.12. The van der Waals surface area contributed by atoms with E-state index < -0.39 is 0 Å². The molecule has 3 nitrogen and oxygen atoms in total. The van der Waals surface area contributed by atoms with Crippen molar-refractivity contribution in [3.8, 4) is 5.88 Å². The maximum Gasteiger partial charge on any atom is 0.225 e. The Labute approximate surface area is 133 Å². The number of methoxy groups -OCH3 is 1. The monoisotopic (exact) mass is 316 g/mol. The van der Waals surface area contributed by atoms with Crippen molar-refractivity contribution >= 4 is 29.6 Å². The molecule has 21 heavy (non-hydrogen) atoms. The molecular formula is C16H16N2OS2. The summed E-state index contributed by atoms with van der Waals surface area (Å²) >= 11 is 3.30. The zero-order valence-electron chi connectivity index (χ0n) is 12.2. The van der Waals surface area contributed by atoms with Crippen LogP contribution in [0.5, 0.6) is 5.88 Å². The van der Waals surface area contributed by atoms with Crippen molar-refractivity contribution < 1.29 is 4.74 Å². The van der Waals surface area contributed by atoms with Gasteiger partial charge in [-0.15, -0.1) is 0 Å². The van der Waals surface area contributed by atoms with Crippen molar-refractivity contribution in [3.63, 3.8) is 0 Å². The molecule has 0 radical (unpaired) electrons. The van der Waals surface area contributed by atoms with E-state index >= 15 is 0 Å². The molecule has 3 rings (SSSR count). The molecule has 0 saturated carbocycles. The van der Waals surface area contributed by atoms with Crippen LogP contribution in [0.25, 0.3) is 6.08 Å². The highest BCUT2D eigenvalue weighted by Gasteiger charge is 2.25. The normalized spacial score (nSPS) is 17.1. The molecule has 1 atom stereocenters. The van der Waals surface area contributed by atoms with Crippen LogP contribution >= 0.6 is 23.5 Å². The summed E-state index contributed by atoms with van der Waals surface area (Å²) in [4.78, 5) is 9.07. The number of benzene rings is 1. The van der Waals surface area contributed by atoms with Crippen LogP contribution in [0.4, 0.5) is 0 Å². The average molecular weight is 316 g/mol. The first-order valence-corrected chi connectivity index (χ1v) is 8.73. The van der Waals surface area contributed by atoms with Crippen LogP contribution in [0.1, 0.15) is 23.3 Å². The van der Waals surface area contributed by atoms with Gasteiger partial charge in [0.1, 0.15) is 5.03 Å². The molecule has 1 aromatic carbocycles. The van der Waals surface area contributed by atoms with Crippen LogP contribution in [-0.4, -0.2) is 23.3 Å². The van der Waals surface area contributed by atoms with E-state index in [0.29, 0.717) is 11.1 Å². The van der Waals surface area contributed by atoms with Crippen LogP contribution in [0.2, 0.25) is 0 Å². The van der Waals surface area contributed by atoms with Gasteiger partial charge in [-0.1, -0.05) is 59.4 Å². The lowest BCUT2D eigenvalue weighted by Gasteiger charge is -2.24. The minimum absolute atomic E-state index is 0.299. The first kappa shape index (κ1) is 14.5. The van der Waals surface area contributed by atoms with E-state index in [1.54, 1.807) is 18.9 Å². The molecule has 0 spiro atoms. The summed E-state index contributed by atoms with van der Waals surface area (Å²) in [5.41, 5.74) is 3.58. The molecule has 1 aliphatic heterocycles. The minimum Gasteiger partial charge on any atom is -0.480 e. The lowest BCUT2D eigenvalue weighted by Crippen LogP contribution is -2.06. The van der Waals surface area contributed by atoms with Crippen molar-refractivity contribution in [1.82, 2.24) is 9.97 Å². The number of hydrogen-bond acceptors (Lipinski definition) is 5. The number of aromatic nitrogens is 2. The molecule has 2 heterocycles. The molecule has 0 amide bonds. The highest BCUT2D eigenvalue weighted by Crippen LogP contribution is 2.47. The van der Waals surface area contributed by atoms with Crippen molar-refractivity contribution in [3.05, 3.63) is 47.0 Å². The van der Waals surface area contributed by atoms with E-state index in [4.69, 9.17) is 4.74 Å². The Balaban J connectivity index is 2.07. The Morgan fingerprint density at radius 1 is 1.19 bits per heavy atom. The fourth-order valence-electron chi connectivity index (χ4n) is 2.34. The Kier molecular flexibility index (Phi) is 4.22. The van der Waals surface area contributed by atoms with E-state index in [1.165, 1.54) is 22.9 Å². The molecule has 5 heteroatoms. The molecular weight excluding hydrogens is 300 g/mol. The summed E-state index contributed by atoms with van der Waals surface area (Å²) in [5, 5.41) is 2.04. The summed E-state index contributed by atoms with van der Waals surface area (Å²) in [5.74, 6) is 0.655. The standard InChI is InChI=1S/C16H16N2OS2/c1-10-9-12-14(19-2)17-16(20-3)18-15(12)21-13(10)11-7-5-4-6-8-11/h4-9,13H,1-3H3. The van der Waals surface area contributed by atoms with E-state index in [1.807, 2.05) is 12.3 Å². The summed E-state index contributed by atoms with van der Waals surface area (Å²) in [6.45, 7) is 2.15. The SMILES string of the molecule is COc1nc(SC)nc2c1C=C(C)C(c1ccccc1)S2. The zero-order chi connectivity index (χ0) is 14.8. The molecule has 2 aromatic rings. The lowest BCUT2D eigenvalue weighted by atomic mass is 10.0. The summed E-state index contributed by atoms with van der Waals surface area (Å²) in [7, 11) is 1.66. The Morgan fingerprint density at radius 2 is 1.95 bits per heavy atom. The number of hydrogen-bond donors (Lipinski definition) is 0. The molecule has 0 bridgehead atoms. The number of fused-ring (bicyclic) bond motifs is 1. The van der Waals surface area contributed by atoms with Gasteiger partial charge in [-0.3, -0.25) is 0 Å². The maximum atomic E-state index is 5.42. The Hall–Kier alpha value is -1.46. The molecule has 1 unspecified atom stereocenters. The van der Waals surface area contributed by atoms with Gasteiger partial charge in [0.25, 0.3) is 0 Å². The maximum absolute atomic E-state index is 5.42. The van der Waals surface area contributed by atoms with E-state index in [0.717, 1.165) is 15.7 Å².